The molecular formula is C18H18N2O4. The predicted octanol–water partition coefficient (Wildman–Crippen LogP) is 2.60. The zero-order chi connectivity index (χ0) is 17.1. The van der Waals surface area contributed by atoms with Crippen LogP contribution in [0.2, 0.25) is 0 Å². The minimum Gasteiger partial charge on any atom is -0.493 e. The molecule has 0 unspecified atom stereocenters. The quantitative estimate of drug-likeness (QED) is 0.721. The smallest absolute Gasteiger partial charge is 0.258 e. The fourth-order valence-corrected chi connectivity index (χ4v) is 2.43. The molecule has 1 aromatic carbocycles. The Bertz CT molecular complexity index is 912. The second kappa shape index (κ2) is 6.62. The summed E-state index contributed by atoms with van der Waals surface area (Å²) in [4.78, 5) is 16.7. The number of aryl methyl sites for hydroxylation is 1. The van der Waals surface area contributed by atoms with E-state index in [0.717, 1.165) is 5.56 Å². The first-order valence-electron chi connectivity index (χ1n) is 7.45. The molecule has 0 saturated heterocycles. The summed E-state index contributed by atoms with van der Waals surface area (Å²) < 4.78 is 17.9. The normalized spacial score (nSPS) is 10.6. The van der Waals surface area contributed by atoms with Crippen molar-refractivity contribution in [3.8, 4) is 17.2 Å². The van der Waals surface area contributed by atoms with Crippen molar-refractivity contribution < 1.29 is 14.2 Å². The number of nitrogens with zero attached hydrogens (tertiary/aromatic N) is 2. The molecule has 0 spiro atoms. The third kappa shape index (κ3) is 3.03. The minimum atomic E-state index is -0.148. The number of hydrogen-bond acceptors (Lipinski definition) is 5. The van der Waals surface area contributed by atoms with Crippen LogP contribution in [0.25, 0.3) is 5.65 Å². The molecule has 3 aromatic rings. The van der Waals surface area contributed by atoms with Crippen LogP contribution in [0.5, 0.6) is 17.2 Å². The number of benzene rings is 1. The van der Waals surface area contributed by atoms with E-state index in [9.17, 15) is 4.79 Å². The van der Waals surface area contributed by atoms with Crippen LogP contribution in [0.3, 0.4) is 0 Å². The lowest BCUT2D eigenvalue weighted by molar-refractivity contribution is 0.262. The van der Waals surface area contributed by atoms with Gasteiger partial charge in [-0.15, -0.1) is 0 Å². The molecule has 124 valence electrons. The molecule has 6 heteroatoms. The fourth-order valence-electron chi connectivity index (χ4n) is 2.43. The molecule has 3 rings (SSSR count). The Morgan fingerprint density at radius 3 is 2.46 bits per heavy atom. The molecule has 6 nitrogen and oxygen atoms in total. The minimum absolute atomic E-state index is 0.135. The van der Waals surface area contributed by atoms with Gasteiger partial charge >= 0.3 is 0 Å². The largest absolute Gasteiger partial charge is 0.493 e. The van der Waals surface area contributed by atoms with Crippen LogP contribution in [0.4, 0.5) is 0 Å². The van der Waals surface area contributed by atoms with Gasteiger partial charge in [0.25, 0.3) is 5.56 Å². The maximum Gasteiger partial charge on any atom is 0.258 e. The molecular weight excluding hydrogens is 308 g/mol. The van der Waals surface area contributed by atoms with E-state index in [1.807, 2.05) is 25.1 Å². The lowest BCUT2D eigenvalue weighted by Gasteiger charge is -2.14. The van der Waals surface area contributed by atoms with E-state index in [2.05, 4.69) is 4.98 Å². The summed E-state index contributed by atoms with van der Waals surface area (Å²) in [5.41, 5.74) is 2.02. The molecule has 0 aliphatic heterocycles. The lowest BCUT2D eigenvalue weighted by Crippen LogP contribution is -2.16. The van der Waals surface area contributed by atoms with E-state index in [-0.39, 0.29) is 12.2 Å². The maximum atomic E-state index is 12.2. The molecule has 24 heavy (non-hydrogen) atoms. The van der Waals surface area contributed by atoms with Crippen LogP contribution in [0.1, 0.15) is 11.3 Å². The molecule has 0 radical (unpaired) electrons. The highest BCUT2D eigenvalue weighted by molar-refractivity contribution is 5.51. The van der Waals surface area contributed by atoms with Crippen molar-refractivity contribution in [1.82, 2.24) is 9.38 Å². The first-order valence-corrected chi connectivity index (χ1v) is 7.45. The Balaban J connectivity index is 1.93. The van der Waals surface area contributed by atoms with E-state index in [1.165, 1.54) is 10.5 Å². The number of rotatable bonds is 5. The Morgan fingerprint density at radius 2 is 1.79 bits per heavy atom. The first kappa shape index (κ1) is 15.9. The zero-order valence-corrected chi connectivity index (χ0v) is 13.8. The summed E-state index contributed by atoms with van der Waals surface area (Å²) in [7, 11) is 3.12. The van der Waals surface area contributed by atoms with Crippen molar-refractivity contribution in [2.45, 2.75) is 13.5 Å². The lowest BCUT2D eigenvalue weighted by atomic mass is 10.3. The first-order chi connectivity index (χ1) is 11.6. The number of aromatic nitrogens is 2. The fraction of sp³-hybridized carbons (Fsp3) is 0.222. The Hall–Kier alpha value is -3.02. The average Bonchev–Trinajstić information content (AvgIpc) is 2.59. The number of para-hydroxylation sites is 1. The van der Waals surface area contributed by atoms with Crippen molar-refractivity contribution in [2.75, 3.05) is 14.2 Å². The molecule has 0 N–H and O–H groups in total. The topological polar surface area (TPSA) is 62.1 Å². The molecule has 0 amide bonds. The van der Waals surface area contributed by atoms with E-state index < -0.39 is 0 Å². The molecule has 0 bridgehead atoms. The predicted molar refractivity (Wildman–Crippen MR) is 90.1 cm³/mol. The van der Waals surface area contributed by atoms with Gasteiger partial charge in [-0.05, 0) is 36.8 Å². The molecule has 0 saturated carbocycles. The number of hydrogen-bond donors (Lipinski definition) is 0. The second-order valence-electron chi connectivity index (χ2n) is 5.30. The van der Waals surface area contributed by atoms with Gasteiger partial charge < -0.3 is 14.2 Å². The van der Waals surface area contributed by atoms with Crippen molar-refractivity contribution in [3.63, 3.8) is 0 Å². The van der Waals surface area contributed by atoms with Gasteiger partial charge in [-0.2, -0.15) is 0 Å². The van der Waals surface area contributed by atoms with Crippen LogP contribution in [0.15, 0.2) is 47.4 Å². The van der Waals surface area contributed by atoms with E-state index in [0.29, 0.717) is 28.6 Å². The van der Waals surface area contributed by atoms with Crippen molar-refractivity contribution in [1.29, 1.82) is 0 Å². The Morgan fingerprint density at radius 1 is 1.08 bits per heavy atom. The van der Waals surface area contributed by atoms with E-state index in [1.54, 1.807) is 32.5 Å². The summed E-state index contributed by atoms with van der Waals surface area (Å²) in [5, 5.41) is 0. The van der Waals surface area contributed by atoms with Crippen LogP contribution in [0, 0.1) is 6.92 Å². The van der Waals surface area contributed by atoms with Crippen LogP contribution >= 0.6 is 0 Å². The highest BCUT2D eigenvalue weighted by atomic mass is 16.5. The number of ether oxygens (including phenoxy) is 3. The standard InChI is InChI=1S/C18H18N2O4/c1-12-7-8-20-16(9-12)19-13(10-17(20)21)11-24-18-14(22-2)5-4-6-15(18)23-3/h4-10H,11H2,1-3H3. The average molecular weight is 326 g/mol. The second-order valence-corrected chi connectivity index (χ2v) is 5.30. The summed E-state index contributed by atoms with van der Waals surface area (Å²) in [6, 6.07) is 10.6. The van der Waals surface area contributed by atoms with E-state index in [4.69, 9.17) is 14.2 Å². The third-order valence-corrected chi connectivity index (χ3v) is 3.62. The van der Waals surface area contributed by atoms with E-state index >= 15 is 0 Å². The molecule has 2 aromatic heterocycles. The SMILES string of the molecule is COc1cccc(OC)c1OCc1cc(=O)n2ccc(C)cc2n1. The monoisotopic (exact) mass is 326 g/mol. The van der Waals surface area contributed by atoms with Gasteiger partial charge in [0.15, 0.2) is 11.5 Å². The summed E-state index contributed by atoms with van der Waals surface area (Å²) in [6.07, 6.45) is 1.72. The number of methoxy groups -OCH3 is 2. The number of fused-ring (bicyclic) bond motifs is 1. The summed E-state index contributed by atoms with van der Waals surface area (Å²) >= 11 is 0. The van der Waals surface area contributed by atoms with Crippen LogP contribution < -0.4 is 19.8 Å². The van der Waals surface area contributed by atoms with Gasteiger partial charge in [0, 0.05) is 12.3 Å². The van der Waals surface area contributed by atoms with Gasteiger partial charge in [-0.25, -0.2) is 4.98 Å². The molecule has 0 aliphatic rings. The number of pyridine rings is 1. The van der Waals surface area contributed by atoms with Crippen molar-refractivity contribution in [2.24, 2.45) is 0 Å². The van der Waals surface area contributed by atoms with Gasteiger partial charge in [-0.3, -0.25) is 9.20 Å². The Labute approximate surface area is 139 Å². The van der Waals surface area contributed by atoms with Gasteiger partial charge in [0.05, 0.1) is 19.9 Å². The maximum absolute atomic E-state index is 12.2. The zero-order valence-electron chi connectivity index (χ0n) is 13.8. The molecule has 0 fully saturated rings. The highest BCUT2D eigenvalue weighted by Gasteiger charge is 2.12. The Kier molecular flexibility index (Phi) is 4.37. The highest BCUT2D eigenvalue weighted by Crippen LogP contribution is 2.37. The van der Waals surface area contributed by atoms with Gasteiger partial charge in [0.2, 0.25) is 5.75 Å². The third-order valence-electron chi connectivity index (χ3n) is 3.62. The van der Waals surface area contributed by atoms with Gasteiger partial charge in [-0.1, -0.05) is 6.07 Å². The van der Waals surface area contributed by atoms with Crippen LogP contribution in [-0.4, -0.2) is 23.6 Å². The summed E-state index contributed by atoms with van der Waals surface area (Å²) in [5.74, 6) is 1.60. The molecule has 0 aliphatic carbocycles. The van der Waals surface area contributed by atoms with Crippen LogP contribution in [-0.2, 0) is 6.61 Å². The summed E-state index contributed by atoms with van der Waals surface area (Å²) in [6.45, 7) is 2.09. The van der Waals surface area contributed by atoms with Crippen molar-refractivity contribution in [3.05, 3.63) is 64.2 Å². The molecule has 2 heterocycles. The van der Waals surface area contributed by atoms with Crippen molar-refractivity contribution >= 4 is 5.65 Å². The molecule has 0 atom stereocenters. The van der Waals surface area contributed by atoms with Gasteiger partial charge in [0.1, 0.15) is 12.3 Å².